The summed E-state index contributed by atoms with van der Waals surface area (Å²) in [5.41, 5.74) is 3.76. The Morgan fingerprint density at radius 2 is 2.50 bits per heavy atom. The van der Waals surface area contributed by atoms with E-state index >= 15 is 0 Å². The molecule has 0 saturated heterocycles. The van der Waals surface area contributed by atoms with Gasteiger partial charge in [-0.3, -0.25) is 11.3 Å². The number of pyridine rings is 1. The third-order valence-electron chi connectivity index (χ3n) is 1.19. The number of hydrazine groups is 1. The summed E-state index contributed by atoms with van der Waals surface area (Å²) < 4.78 is 1.91. The van der Waals surface area contributed by atoms with Crippen molar-refractivity contribution in [1.29, 1.82) is 0 Å². The average molecular weight is 156 g/mol. The summed E-state index contributed by atoms with van der Waals surface area (Å²) in [6, 6.07) is 3.99. The van der Waals surface area contributed by atoms with Gasteiger partial charge < -0.3 is 0 Å². The van der Waals surface area contributed by atoms with Gasteiger partial charge in [-0.2, -0.15) is 4.34 Å². The van der Waals surface area contributed by atoms with Crippen LogP contribution in [0.4, 0.5) is 0 Å². The number of hydrogen-bond acceptors (Lipinski definition) is 2. The standard InChI is InChI=1S/C6H11N3P/c7-8-4-6-2-1-3-9(10)5-6/h1-3,5,8H,4,7,10H2/q+1. The topological polar surface area (TPSA) is 41.9 Å². The highest BCUT2D eigenvalue weighted by Crippen LogP contribution is 1.92. The van der Waals surface area contributed by atoms with Crippen LogP contribution in [-0.4, -0.2) is 0 Å². The molecule has 0 radical (unpaired) electrons. The van der Waals surface area contributed by atoms with Crippen molar-refractivity contribution in [2.45, 2.75) is 6.54 Å². The van der Waals surface area contributed by atoms with Gasteiger partial charge in [-0.15, -0.1) is 0 Å². The van der Waals surface area contributed by atoms with Crippen molar-refractivity contribution < 1.29 is 4.34 Å². The molecule has 54 valence electrons. The summed E-state index contributed by atoms with van der Waals surface area (Å²) in [4.78, 5) is 0. The van der Waals surface area contributed by atoms with Gasteiger partial charge in [-0.05, 0) is 6.07 Å². The van der Waals surface area contributed by atoms with E-state index in [0.717, 1.165) is 0 Å². The first-order chi connectivity index (χ1) is 4.83. The van der Waals surface area contributed by atoms with Gasteiger partial charge in [0.15, 0.2) is 21.8 Å². The first-order valence-electron chi connectivity index (χ1n) is 3.01. The van der Waals surface area contributed by atoms with Gasteiger partial charge in [0.1, 0.15) is 0 Å². The zero-order valence-electron chi connectivity index (χ0n) is 5.62. The molecule has 4 heteroatoms. The molecule has 0 bridgehead atoms. The van der Waals surface area contributed by atoms with Gasteiger partial charge in [0, 0.05) is 18.2 Å². The first kappa shape index (κ1) is 7.61. The van der Waals surface area contributed by atoms with E-state index in [4.69, 9.17) is 5.84 Å². The van der Waals surface area contributed by atoms with Gasteiger partial charge in [0.25, 0.3) is 0 Å². The molecule has 0 aliphatic rings. The van der Waals surface area contributed by atoms with Crippen molar-refractivity contribution in [3.05, 3.63) is 30.1 Å². The van der Waals surface area contributed by atoms with E-state index in [0.29, 0.717) is 6.54 Å². The Bertz CT molecular complexity index is 214. The molecule has 0 amide bonds. The highest BCUT2D eigenvalue weighted by molar-refractivity contribution is 7.07. The minimum atomic E-state index is 0.704. The number of nitrogens with one attached hydrogen (secondary N) is 1. The second-order valence-electron chi connectivity index (χ2n) is 2.04. The van der Waals surface area contributed by atoms with Crippen LogP contribution < -0.4 is 15.6 Å². The third kappa shape index (κ3) is 2.03. The molecule has 1 heterocycles. The van der Waals surface area contributed by atoms with Crippen LogP contribution >= 0.6 is 9.39 Å². The molecular weight excluding hydrogens is 145 g/mol. The number of nitrogens with zero attached hydrogens (tertiary/aromatic N) is 1. The van der Waals surface area contributed by atoms with Crippen LogP contribution in [0, 0.1) is 0 Å². The fourth-order valence-corrected chi connectivity index (χ4v) is 1.06. The van der Waals surface area contributed by atoms with Crippen LogP contribution in [0.2, 0.25) is 0 Å². The molecule has 0 aliphatic carbocycles. The molecule has 0 spiro atoms. The molecule has 3 N–H and O–H groups in total. The Kier molecular flexibility index (Phi) is 2.75. The number of nitrogens with two attached hydrogens (primary N) is 1. The maximum Gasteiger partial charge on any atom is 0.174 e. The Balaban J connectivity index is 2.75. The van der Waals surface area contributed by atoms with E-state index in [1.165, 1.54) is 5.56 Å². The van der Waals surface area contributed by atoms with Crippen molar-refractivity contribution in [1.82, 2.24) is 5.43 Å². The summed E-state index contributed by atoms with van der Waals surface area (Å²) >= 11 is 0. The lowest BCUT2D eigenvalue weighted by molar-refractivity contribution is -0.500. The molecule has 1 aromatic heterocycles. The summed E-state index contributed by atoms with van der Waals surface area (Å²) in [7, 11) is 2.56. The van der Waals surface area contributed by atoms with E-state index in [1.54, 1.807) is 0 Å². The van der Waals surface area contributed by atoms with Gasteiger partial charge in [0.05, 0.1) is 0 Å². The third-order valence-corrected chi connectivity index (χ3v) is 1.51. The monoisotopic (exact) mass is 156 g/mol. The summed E-state index contributed by atoms with van der Waals surface area (Å²) in [6.07, 6.45) is 3.94. The van der Waals surface area contributed by atoms with E-state index in [-0.39, 0.29) is 0 Å². The number of rotatable bonds is 2. The Morgan fingerprint density at radius 3 is 3.10 bits per heavy atom. The largest absolute Gasteiger partial charge is 0.271 e. The predicted molar refractivity (Wildman–Crippen MR) is 42.8 cm³/mol. The second kappa shape index (κ2) is 3.62. The Labute approximate surface area is 62.5 Å². The van der Waals surface area contributed by atoms with Gasteiger partial charge in [-0.1, -0.05) is 0 Å². The van der Waals surface area contributed by atoms with E-state index < -0.39 is 0 Å². The van der Waals surface area contributed by atoms with E-state index in [1.807, 2.05) is 28.9 Å². The quantitative estimate of drug-likeness (QED) is 0.347. The highest BCUT2D eigenvalue weighted by atomic mass is 31.0. The minimum Gasteiger partial charge on any atom is -0.271 e. The molecule has 0 fully saturated rings. The maximum absolute atomic E-state index is 5.14. The molecule has 0 aliphatic heterocycles. The van der Waals surface area contributed by atoms with Crippen LogP contribution in [0.15, 0.2) is 24.5 Å². The highest BCUT2D eigenvalue weighted by Gasteiger charge is 1.94. The molecule has 0 aromatic carbocycles. The smallest absolute Gasteiger partial charge is 0.174 e. The van der Waals surface area contributed by atoms with Crippen LogP contribution in [0.5, 0.6) is 0 Å². The first-order valence-corrected chi connectivity index (χ1v) is 3.53. The lowest BCUT2D eigenvalue weighted by Gasteiger charge is -1.94. The molecule has 1 aromatic rings. The van der Waals surface area contributed by atoms with Crippen molar-refractivity contribution in [3.63, 3.8) is 0 Å². The van der Waals surface area contributed by atoms with Crippen molar-refractivity contribution >= 4 is 9.39 Å². The van der Waals surface area contributed by atoms with Crippen molar-refractivity contribution in [2.75, 3.05) is 0 Å². The summed E-state index contributed by atoms with van der Waals surface area (Å²) in [5.74, 6) is 5.14. The lowest BCUT2D eigenvalue weighted by atomic mass is 10.3. The lowest BCUT2D eigenvalue weighted by Crippen LogP contribution is -2.24. The predicted octanol–water partition coefficient (Wildman–Crippen LogP) is -0.424. The van der Waals surface area contributed by atoms with Gasteiger partial charge >= 0.3 is 0 Å². The van der Waals surface area contributed by atoms with Crippen LogP contribution in [0.25, 0.3) is 0 Å². The van der Waals surface area contributed by atoms with Crippen molar-refractivity contribution in [3.8, 4) is 0 Å². The molecule has 1 unspecified atom stereocenters. The SMILES string of the molecule is NNCc1ccc[n+](P)c1. The fourth-order valence-electron chi connectivity index (χ4n) is 0.766. The molecule has 1 atom stereocenters. The fraction of sp³-hybridized carbons (Fsp3) is 0.167. The Morgan fingerprint density at radius 1 is 1.70 bits per heavy atom. The van der Waals surface area contributed by atoms with Crippen LogP contribution in [0.1, 0.15) is 5.56 Å². The normalized spacial score (nSPS) is 9.80. The van der Waals surface area contributed by atoms with Crippen molar-refractivity contribution in [2.24, 2.45) is 5.84 Å². The average Bonchev–Trinajstić information content (AvgIpc) is 1.88. The van der Waals surface area contributed by atoms with Gasteiger partial charge in [0.2, 0.25) is 0 Å². The Hall–Kier alpha value is -0.500. The molecule has 10 heavy (non-hydrogen) atoms. The van der Waals surface area contributed by atoms with Crippen LogP contribution in [0.3, 0.4) is 0 Å². The minimum absolute atomic E-state index is 0.704. The van der Waals surface area contributed by atoms with E-state index in [2.05, 4.69) is 14.8 Å². The molecular formula is C6H11N3P+. The number of aromatic nitrogens is 1. The molecule has 1 rings (SSSR count). The second-order valence-corrected chi connectivity index (χ2v) is 2.64. The van der Waals surface area contributed by atoms with E-state index in [9.17, 15) is 0 Å². The zero-order valence-corrected chi connectivity index (χ0v) is 6.77. The summed E-state index contributed by atoms with van der Waals surface area (Å²) in [5, 5.41) is 0. The zero-order chi connectivity index (χ0) is 7.40. The van der Waals surface area contributed by atoms with Gasteiger partial charge in [-0.25, -0.2) is 0 Å². The molecule has 3 nitrogen and oxygen atoms in total. The molecule has 0 saturated carbocycles. The summed E-state index contributed by atoms with van der Waals surface area (Å²) in [6.45, 7) is 0.704. The maximum atomic E-state index is 5.14. The number of hydrogen-bond donors (Lipinski definition) is 2. The van der Waals surface area contributed by atoms with Crippen LogP contribution in [-0.2, 0) is 6.54 Å².